The molecule has 36 heavy (non-hydrogen) atoms. The number of methoxy groups -OCH3 is 1. The predicted octanol–water partition coefficient (Wildman–Crippen LogP) is -1.64. The van der Waals surface area contributed by atoms with Crippen LogP contribution in [0.4, 0.5) is 0 Å². The summed E-state index contributed by atoms with van der Waals surface area (Å²) in [6, 6.07) is -1.68. The van der Waals surface area contributed by atoms with Crippen molar-refractivity contribution in [3.05, 3.63) is 32.6 Å². The van der Waals surface area contributed by atoms with Gasteiger partial charge in [-0.05, 0) is 32.6 Å². The van der Waals surface area contributed by atoms with Gasteiger partial charge in [0, 0.05) is 18.9 Å². The fraction of sp³-hybridized carbons (Fsp3) is 0.684. The molecule has 2 heterocycles. The van der Waals surface area contributed by atoms with Gasteiger partial charge in [-0.2, -0.15) is 0 Å². The van der Waals surface area contributed by atoms with Crippen LogP contribution in [0.15, 0.2) is 15.8 Å². The molecule has 0 aliphatic carbocycles. The third-order valence-corrected chi connectivity index (χ3v) is 6.58. The topological polar surface area (TPSA) is 208 Å². The largest absolute Gasteiger partial charge is 0.480 e. The van der Waals surface area contributed by atoms with Crippen molar-refractivity contribution in [2.75, 3.05) is 26.9 Å². The van der Waals surface area contributed by atoms with Crippen molar-refractivity contribution in [2.24, 2.45) is 0 Å². The second kappa shape index (κ2) is 13.0. The van der Waals surface area contributed by atoms with Crippen molar-refractivity contribution < 1.29 is 48.0 Å². The number of rotatable bonds is 13. The fourth-order valence-corrected chi connectivity index (χ4v) is 5.23. The number of aromatic amines is 1. The van der Waals surface area contributed by atoms with Crippen LogP contribution in [-0.4, -0.2) is 93.9 Å². The highest BCUT2D eigenvalue weighted by Gasteiger charge is 2.53. The summed E-state index contributed by atoms with van der Waals surface area (Å²) in [5, 5.41) is 20.6. The van der Waals surface area contributed by atoms with Crippen LogP contribution in [0, 0.1) is 6.92 Å². The van der Waals surface area contributed by atoms with Crippen LogP contribution < -0.4 is 16.6 Å². The molecule has 0 saturated carbocycles. The molecule has 3 unspecified atom stereocenters. The molecule has 6 atom stereocenters. The lowest BCUT2D eigenvalue weighted by Crippen LogP contribution is -2.51. The Hall–Kier alpha value is -2.01. The van der Waals surface area contributed by atoms with Crippen LogP contribution in [0.25, 0.3) is 0 Å². The summed E-state index contributed by atoms with van der Waals surface area (Å²) < 4.78 is 28.4. The number of aliphatic hydroxyl groups excluding tert-OH is 1. The van der Waals surface area contributed by atoms with E-state index in [-0.39, 0.29) is 18.8 Å². The number of aromatic nitrogens is 2. The Labute approximate surface area is 210 Å². The van der Waals surface area contributed by atoms with Crippen molar-refractivity contribution >= 4 is 30.4 Å². The lowest BCUT2D eigenvalue weighted by atomic mass is 10.1. The molecule has 2 rings (SSSR count). The first-order valence-corrected chi connectivity index (χ1v) is 13.3. The van der Waals surface area contributed by atoms with Crippen LogP contribution >= 0.6 is 6.72 Å². The lowest BCUT2D eigenvalue weighted by Gasteiger charge is -2.28. The number of carbonyl (C=O) groups is 2. The number of carboxylic acid groups (broad SMARTS) is 1. The van der Waals surface area contributed by atoms with E-state index >= 15 is 0 Å². The highest BCUT2D eigenvalue weighted by atomic mass is 32.5. The maximum absolute atomic E-state index is 13.0. The Morgan fingerprint density at radius 3 is 2.53 bits per heavy atom. The van der Waals surface area contributed by atoms with E-state index < -0.39 is 73.1 Å². The second-order valence-electron chi connectivity index (χ2n) is 8.03. The molecular weight excluding hydrogens is 525 g/mol. The number of carbonyl (C=O) groups excluding carboxylic acids is 1. The first-order chi connectivity index (χ1) is 16.8. The standard InChI is InChI=1S/C19H30N3O12PS/c1-9(2)33-35(29,36)34-12-13(16(25)20-11(8-23)18(26)27)32-17(14(12)31-6-5-30-4)22-7-10(3)15(24)21-19(22)28/h7,9,11-14,17,23H,5-6,8H2,1-4H3,(H,20,25)(H,26,27)(H,29,36)(H,21,24,28)/t11?,12-,13-,14?,17-,35?/m0/s1. The van der Waals surface area contributed by atoms with Crippen molar-refractivity contribution in [1.29, 1.82) is 0 Å². The van der Waals surface area contributed by atoms with Gasteiger partial charge in [-0.1, -0.05) is 0 Å². The SMILES string of the molecule is COCCOC1[C@@H](OP(O)(=S)OC(C)C)[C@@H](C(=O)NC(CO)C(=O)O)O[C@@H]1n1cc(C)c(=O)[nH]c1=O. The molecule has 15 nitrogen and oxygen atoms in total. The third-order valence-electron chi connectivity index (χ3n) is 4.86. The van der Waals surface area contributed by atoms with Gasteiger partial charge in [-0.3, -0.25) is 23.7 Å². The van der Waals surface area contributed by atoms with Crippen LogP contribution in [0.5, 0.6) is 0 Å². The van der Waals surface area contributed by atoms with Crippen molar-refractivity contribution in [1.82, 2.24) is 14.9 Å². The van der Waals surface area contributed by atoms with Gasteiger partial charge in [0.25, 0.3) is 11.5 Å². The lowest BCUT2D eigenvalue weighted by molar-refractivity contribution is -0.147. The average Bonchev–Trinajstić information content (AvgIpc) is 3.10. The molecule has 0 aromatic carbocycles. The molecule has 204 valence electrons. The van der Waals surface area contributed by atoms with E-state index in [2.05, 4.69) is 10.3 Å². The molecule has 0 spiro atoms. The van der Waals surface area contributed by atoms with Gasteiger partial charge in [0.05, 0.1) is 25.9 Å². The van der Waals surface area contributed by atoms with Gasteiger partial charge in [0.15, 0.2) is 12.3 Å². The highest BCUT2D eigenvalue weighted by molar-refractivity contribution is 8.07. The van der Waals surface area contributed by atoms with Crippen molar-refractivity contribution in [3.8, 4) is 0 Å². The van der Waals surface area contributed by atoms with Gasteiger partial charge in [0.2, 0.25) is 0 Å². The van der Waals surface area contributed by atoms with E-state index in [0.29, 0.717) is 0 Å². The van der Waals surface area contributed by atoms with E-state index in [4.69, 9.17) is 35.1 Å². The molecular formula is C19H30N3O12PS. The van der Waals surface area contributed by atoms with Gasteiger partial charge in [-0.15, -0.1) is 0 Å². The summed E-state index contributed by atoms with van der Waals surface area (Å²) in [4.78, 5) is 61.5. The minimum Gasteiger partial charge on any atom is -0.480 e. The zero-order valence-corrected chi connectivity index (χ0v) is 21.7. The maximum atomic E-state index is 13.0. The molecule has 0 radical (unpaired) electrons. The summed E-state index contributed by atoms with van der Waals surface area (Å²) >= 11 is 5.06. The number of carboxylic acids is 1. The average molecular weight is 555 g/mol. The molecule has 1 amide bonds. The minimum atomic E-state index is -4.01. The molecule has 1 saturated heterocycles. The zero-order chi connectivity index (χ0) is 27.2. The zero-order valence-electron chi connectivity index (χ0n) is 20.0. The second-order valence-corrected chi connectivity index (χ2v) is 10.8. The molecule has 5 N–H and O–H groups in total. The van der Waals surface area contributed by atoms with E-state index in [1.54, 1.807) is 13.8 Å². The Bertz CT molecular complexity index is 1090. The number of aliphatic carboxylic acids is 1. The Morgan fingerprint density at radius 1 is 1.31 bits per heavy atom. The first-order valence-electron chi connectivity index (χ1n) is 10.7. The number of H-pyrrole nitrogens is 1. The summed E-state index contributed by atoms with van der Waals surface area (Å²) in [5.74, 6) is -2.58. The summed E-state index contributed by atoms with van der Waals surface area (Å²) in [6.45, 7) is -0.297. The molecule has 1 aliphatic heterocycles. The fourth-order valence-electron chi connectivity index (χ4n) is 3.29. The summed E-state index contributed by atoms with van der Waals surface area (Å²) in [6.07, 6.45) is -5.24. The van der Waals surface area contributed by atoms with E-state index in [9.17, 15) is 34.3 Å². The molecule has 1 aromatic heterocycles. The quantitative estimate of drug-likeness (QED) is 0.137. The number of hydrogen-bond donors (Lipinski definition) is 5. The maximum Gasteiger partial charge on any atom is 0.330 e. The molecule has 17 heteroatoms. The van der Waals surface area contributed by atoms with Crippen molar-refractivity contribution in [3.63, 3.8) is 0 Å². The summed E-state index contributed by atoms with van der Waals surface area (Å²) in [5.41, 5.74) is -1.39. The number of nitrogens with one attached hydrogen (secondary N) is 2. The predicted molar refractivity (Wildman–Crippen MR) is 126 cm³/mol. The Kier molecular flexibility index (Phi) is 10.9. The number of hydrogen-bond acceptors (Lipinski definition) is 11. The molecule has 1 aliphatic rings. The third kappa shape index (κ3) is 7.74. The van der Waals surface area contributed by atoms with Crippen LogP contribution in [0.1, 0.15) is 25.6 Å². The van der Waals surface area contributed by atoms with Crippen molar-refractivity contribution in [2.45, 2.75) is 57.5 Å². The van der Waals surface area contributed by atoms with Gasteiger partial charge >= 0.3 is 18.4 Å². The van der Waals surface area contributed by atoms with Crippen LogP contribution in [-0.2, 0) is 44.7 Å². The van der Waals surface area contributed by atoms with Gasteiger partial charge < -0.3 is 39.2 Å². The monoisotopic (exact) mass is 555 g/mol. The molecule has 1 fully saturated rings. The summed E-state index contributed by atoms with van der Waals surface area (Å²) in [7, 11) is 1.41. The van der Waals surface area contributed by atoms with Gasteiger partial charge in [0.1, 0.15) is 18.2 Å². The van der Waals surface area contributed by atoms with Crippen LogP contribution in [0.2, 0.25) is 0 Å². The normalized spacial score (nSPS) is 24.4. The number of amides is 1. The van der Waals surface area contributed by atoms with Gasteiger partial charge in [-0.25, -0.2) is 9.59 Å². The van der Waals surface area contributed by atoms with E-state index in [0.717, 1.165) is 4.57 Å². The van der Waals surface area contributed by atoms with E-state index in [1.165, 1.54) is 20.2 Å². The van der Waals surface area contributed by atoms with Crippen LogP contribution in [0.3, 0.4) is 0 Å². The Balaban J connectivity index is 2.56. The molecule has 0 bridgehead atoms. The highest BCUT2D eigenvalue weighted by Crippen LogP contribution is 2.50. The Morgan fingerprint density at radius 2 is 1.97 bits per heavy atom. The first kappa shape index (κ1) is 30.2. The molecule has 1 aromatic rings. The number of aryl methyl sites for hydroxylation is 1. The number of ether oxygens (including phenoxy) is 3. The minimum absolute atomic E-state index is 0.0694. The smallest absolute Gasteiger partial charge is 0.330 e. The van der Waals surface area contributed by atoms with E-state index in [1.807, 2.05) is 0 Å². The number of aliphatic hydroxyl groups is 1. The number of nitrogens with zero attached hydrogens (tertiary/aromatic N) is 1.